The van der Waals surface area contributed by atoms with E-state index in [0.29, 0.717) is 5.84 Å². The molecule has 1 N–H and O–H groups in total. The second-order valence-corrected chi connectivity index (χ2v) is 16.0. The van der Waals surface area contributed by atoms with Crippen LogP contribution in [0.25, 0.3) is 38.6 Å². The summed E-state index contributed by atoms with van der Waals surface area (Å²) in [4.78, 5) is 13.0. The van der Waals surface area contributed by atoms with Crippen molar-refractivity contribution in [3.8, 4) is 16.8 Å². The predicted octanol–water partition coefficient (Wildman–Crippen LogP) is 12.1. The first kappa shape index (κ1) is 32.3. The highest BCUT2D eigenvalue weighted by Gasteiger charge is 2.49. The van der Waals surface area contributed by atoms with Crippen molar-refractivity contribution in [3.05, 3.63) is 233 Å². The van der Waals surface area contributed by atoms with E-state index in [4.69, 9.17) is 9.98 Å². The molecule has 0 bridgehead atoms. The van der Waals surface area contributed by atoms with Crippen molar-refractivity contribution in [1.29, 1.82) is 0 Å². The molecule has 0 saturated heterocycles. The van der Waals surface area contributed by atoms with Crippen molar-refractivity contribution < 1.29 is 0 Å². The van der Waals surface area contributed by atoms with E-state index in [2.05, 4.69) is 198 Å². The molecule has 1 aromatic heterocycles. The Morgan fingerprint density at radius 2 is 1.12 bits per heavy atom. The molecule has 3 aliphatic heterocycles. The highest BCUT2D eigenvalue weighted by atomic mass is 32.2. The molecule has 4 heterocycles. The lowest BCUT2D eigenvalue weighted by molar-refractivity contribution is 0.672. The molecule has 0 amide bonds. The Labute approximate surface area is 334 Å². The molecule has 0 saturated carbocycles. The number of hydrogen-bond donors (Lipinski definition) is 1. The fourth-order valence-electron chi connectivity index (χ4n) is 9.44. The molecule has 5 heteroatoms. The summed E-state index contributed by atoms with van der Waals surface area (Å²) in [6.45, 7) is 0. The van der Waals surface area contributed by atoms with Gasteiger partial charge in [0.15, 0.2) is 5.84 Å². The number of nitrogens with one attached hydrogen (secondary N) is 1. The molecule has 0 fully saturated rings. The van der Waals surface area contributed by atoms with E-state index >= 15 is 0 Å². The Bertz CT molecular complexity index is 3130. The van der Waals surface area contributed by atoms with Crippen LogP contribution in [-0.2, 0) is 5.41 Å². The highest BCUT2D eigenvalue weighted by molar-refractivity contribution is 7.99. The number of aliphatic imine (C=N–C) groups is 2. The summed E-state index contributed by atoms with van der Waals surface area (Å²) in [5, 5.41) is 6.33. The lowest BCUT2D eigenvalue weighted by atomic mass is 9.62. The molecule has 57 heavy (non-hydrogen) atoms. The van der Waals surface area contributed by atoms with Crippen molar-refractivity contribution in [1.82, 2.24) is 9.88 Å². The molecule has 0 radical (unpaired) electrons. The average molecular weight is 747 g/mol. The third-order valence-corrected chi connectivity index (χ3v) is 13.1. The van der Waals surface area contributed by atoms with Crippen LogP contribution >= 0.6 is 11.8 Å². The van der Waals surface area contributed by atoms with Crippen molar-refractivity contribution in [3.63, 3.8) is 0 Å². The minimum atomic E-state index is -0.577. The first-order chi connectivity index (χ1) is 28.3. The molecule has 0 aliphatic carbocycles. The average Bonchev–Trinajstić information content (AvgIpc) is 3.63. The van der Waals surface area contributed by atoms with Gasteiger partial charge < -0.3 is 9.88 Å². The van der Waals surface area contributed by atoms with Crippen molar-refractivity contribution in [2.75, 3.05) is 0 Å². The van der Waals surface area contributed by atoms with E-state index in [1.807, 2.05) is 17.8 Å². The minimum Gasteiger partial charge on any atom is -0.344 e. The topological polar surface area (TPSA) is 41.7 Å². The van der Waals surface area contributed by atoms with Gasteiger partial charge in [-0.05, 0) is 69.3 Å². The van der Waals surface area contributed by atoms with Crippen molar-refractivity contribution >= 4 is 45.2 Å². The quantitative estimate of drug-likeness (QED) is 0.195. The van der Waals surface area contributed by atoms with Gasteiger partial charge in [0.05, 0.1) is 22.1 Å². The molecule has 3 aliphatic rings. The van der Waals surface area contributed by atoms with Crippen LogP contribution < -0.4 is 5.32 Å². The van der Waals surface area contributed by atoms with Gasteiger partial charge in [-0.2, -0.15) is 0 Å². The van der Waals surface area contributed by atoms with Crippen LogP contribution in [0.4, 0.5) is 0 Å². The summed E-state index contributed by atoms with van der Waals surface area (Å²) in [7, 11) is 0. The van der Waals surface area contributed by atoms with Crippen LogP contribution in [-0.4, -0.2) is 16.2 Å². The van der Waals surface area contributed by atoms with E-state index in [9.17, 15) is 0 Å². The number of hydrogen-bond acceptors (Lipinski definition) is 4. The largest absolute Gasteiger partial charge is 0.344 e. The Morgan fingerprint density at radius 3 is 1.96 bits per heavy atom. The number of nitrogens with zero attached hydrogens (tertiary/aromatic N) is 3. The van der Waals surface area contributed by atoms with E-state index in [0.717, 1.165) is 22.5 Å². The Hall–Kier alpha value is -6.95. The second kappa shape index (κ2) is 12.5. The van der Waals surface area contributed by atoms with Crippen molar-refractivity contribution in [2.45, 2.75) is 21.4 Å². The van der Waals surface area contributed by atoms with Gasteiger partial charge in [0, 0.05) is 31.7 Å². The van der Waals surface area contributed by atoms with Gasteiger partial charge >= 0.3 is 0 Å². The summed E-state index contributed by atoms with van der Waals surface area (Å²) in [6.07, 6.45) is -0.322. The summed E-state index contributed by atoms with van der Waals surface area (Å²) in [5.74, 6) is 1.52. The number of fused-ring (bicyclic) bond motifs is 11. The van der Waals surface area contributed by atoms with E-state index in [-0.39, 0.29) is 6.17 Å². The van der Waals surface area contributed by atoms with Crippen LogP contribution in [0.3, 0.4) is 0 Å². The molecule has 4 nitrogen and oxygen atoms in total. The maximum atomic E-state index is 5.28. The Balaban J connectivity index is 1.07. The maximum Gasteiger partial charge on any atom is 0.159 e. The molecular weight excluding hydrogens is 713 g/mol. The first-order valence-corrected chi connectivity index (χ1v) is 20.3. The highest BCUT2D eigenvalue weighted by Crippen LogP contribution is 2.60. The second-order valence-electron chi connectivity index (χ2n) is 14.9. The third kappa shape index (κ3) is 4.76. The molecule has 1 spiro atoms. The molecule has 2 unspecified atom stereocenters. The van der Waals surface area contributed by atoms with Crippen LogP contribution in [0.15, 0.2) is 214 Å². The van der Waals surface area contributed by atoms with Gasteiger partial charge in [-0.15, -0.1) is 0 Å². The molecule has 12 rings (SSSR count). The van der Waals surface area contributed by atoms with Crippen LogP contribution in [0.1, 0.15) is 45.1 Å². The lowest BCUT2D eigenvalue weighted by Gasteiger charge is -2.45. The van der Waals surface area contributed by atoms with Gasteiger partial charge in [-0.3, -0.25) is 0 Å². The van der Waals surface area contributed by atoms with Crippen LogP contribution in [0, 0.1) is 0 Å². The summed E-state index contributed by atoms with van der Waals surface area (Å²) < 4.78 is 2.50. The Morgan fingerprint density at radius 1 is 0.491 bits per heavy atom. The zero-order valence-electron chi connectivity index (χ0n) is 30.8. The number of aromatic nitrogens is 1. The number of rotatable bonds is 4. The summed E-state index contributed by atoms with van der Waals surface area (Å²) >= 11 is 1.86. The standard InChI is InChI=1S/C52H34N4S/c1-3-14-33(15-4-1)34-26-28-36(29-27-34)50-53-49(35-16-5-2-6-17-35)54-51(55-50)37-30-31-47-43(32-37)52(41-21-9-12-25-46(41)57-47)40-20-8-11-24-45(40)56-44-23-10-7-18-38(44)39-19-13-22-42(52)48(39)56/h1-32,50H,(H,53,54,55). The smallest absolute Gasteiger partial charge is 0.159 e. The van der Waals surface area contributed by atoms with Gasteiger partial charge in [-0.1, -0.05) is 176 Å². The van der Waals surface area contributed by atoms with E-state index in [1.165, 1.54) is 70.7 Å². The van der Waals surface area contributed by atoms with Crippen LogP contribution in [0.2, 0.25) is 0 Å². The third-order valence-electron chi connectivity index (χ3n) is 11.9. The summed E-state index contributed by atoms with van der Waals surface area (Å²) in [6, 6.07) is 70.3. The van der Waals surface area contributed by atoms with Gasteiger partial charge in [0.1, 0.15) is 12.0 Å². The predicted molar refractivity (Wildman–Crippen MR) is 234 cm³/mol. The zero-order chi connectivity index (χ0) is 37.5. The number of benzene rings is 8. The number of para-hydroxylation sites is 3. The Kier molecular flexibility index (Phi) is 7.10. The fourth-order valence-corrected chi connectivity index (χ4v) is 10.6. The van der Waals surface area contributed by atoms with Gasteiger partial charge in [0.25, 0.3) is 0 Å². The number of amidine groups is 2. The molecule has 8 aromatic carbocycles. The van der Waals surface area contributed by atoms with Crippen LogP contribution in [0.5, 0.6) is 0 Å². The normalized spacial score (nSPS) is 17.6. The molecule has 268 valence electrons. The minimum absolute atomic E-state index is 0.322. The van der Waals surface area contributed by atoms with Gasteiger partial charge in [0.2, 0.25) is 0 Å². The molecule has 9 aromatic rings. The SMILES string of the molecule is c1ccc(C2=NC(c3ccc(-c4ccccc4)cc3)NC(c3ccc4c(c3)C3(c5ccccc5S4)c4ccccc4-n4c5ccccc5c5cccc3c54)=N2)cc1. The van der Waals surface area contributed by atoms with Crippen molar-refractivity contribution in [2.24, 2.45) is 9.98 Å². The zero-order valence-corrected chi connectivity index (χ0v) is 31.6. The maximum absolute atomic E-state index is 5.28. The van der Waals surface area contributed by atoms with Gasteiger partial charge in [-0.25, -0.2) is 9.98 Å². The molecular formula is C52H34N4S. The molecule has 2 atom stereocenters. The summed E-state index contributed by atoms with van der Waals surface area (Å²) in [5.41, 5.74) is 13.7. The van der Waals surface area contributed by atoms with E-state index in [1.54, 1.807) is 0 Å². The monoisotopic (exact) mass is 746 g/mol. The first-order valence-electron chi connectivity index (χ1n) is 19.4. The lowest BCUT2D eigenvalue weighted by Crippen LogP contribution is -2.38. The fraction of sp³-hybridized carbons (Fsp3) is 0.0385. The van der Waals surface area contributed by atoms with E-state index < -0.39 is 5.41 Å².